The van der Waals surface area contributed by atoms with E-state index in [2.05, 4.69) is 33.9 Å². The smallest absolute Gasteiger partial charge is 0.250 e. The van der Waals surface area contributed by atoms with Crippen LogP contribution in [0, 0.1) is 12.7 Å². The minimum atomic E-state index is -1.87. The van der Waals surface area contributed by atoms with Crippen LogP contribution < -0.4 is 4.43 Å². The Morgan fingerprint density at radius 2 is 1.75 bits per heavy atom. The van der Waals surface area contributed by atoms with Crippen LogP contribution >= 0.6 is 0 Å². The van der Waals surface area contributed by atoms with Crippen LogP contribution in [0.25, 0.3) is 0 Å². The lowest BCUT2D eigenvalue weighted by atomic mass is 10.2. The summed E-state index contributed by atoms with van der Waals surface area (Å²) in [5.41, 5.74) is 0.604. The summed E-state index contributed by atoms with van der Waals surface area (Å²) in [7, 11) is -1.87. The van der Waals surface area contributed by atoms with Crippen LogP contribution in [0.15, 0.2) is 18.2 Å². The van der Waals surface area contributed by atoms with Gasteiger partial charge in [-0.05, 0) is 37.2 Å². The molecule has 0 aliphatic rings. The molecule has 0 saturated heterocycles. The Morgan fingerprint density at radius 3 is 2.25 bits per heavy atom. The first kappa shape index (κ1) is 13.2. The Hall–Kier alpha value is -0.833. The normalized spacial score (nSPS) is 12.7. The zero-order valence-corrected chi connectivity index (χ0v) is 12.0. The lowest BCUT2D eigenvalue weighted by Gasteiger charge is -2.36. The predicted octanol–water partition coefficient (Wildman–Crippen LogP) is 4.52. The highest BCUT2D eigenvalue weighted by molar-refractivity contribution is 6.74. The van der Waals surface area contributed by atoms with E-state index in [0.717, 1.165) is 0 Å². The van der Waals surface area contributed by atoms with Gasteiger partial charge in [0.25, 0.3) is 0 Å². The van der Waals surface area contributed by atoms with Crippen LogP contribution in [-0.2, 0) is 0 Å². The van der Waals surface area contributed by atoms with E-state index in [1.165, 1.54) is 6.07 Å². The average molecular weight is 240 g/mol. The maximum absolute atomic E-state index is 13.4. The molecule has 1 aromatic rings. The molecule has 0 amide bonds. The molecule has 0 unspecified atom stereocenters. The van der Waals surface area contributed by atoms with Gasteiger partial charge in [-0.1, -0.05) is 26.8 Å². The molecule has 16 heavy (non-hydrogen) atoms. The fourth-order valence-corrected chi connectivity index (χ4v) is 2.20. The molecule has 0 heterocycles. The largest absolute Gasteiger partial charge is 0.543 e. The summed E-state index contributed by atoms with van der Waals surface area (Å²) in [5.74, 6) is 0.489. The van der Waals surface area contributed by atoms with Crippen LogP contribution in [0.5, 0.6) is 5.75 Å². The molecule has 0 spiro atoms. The highest BCUT2D eigenvalue weighted by Crippen LogP contribution is 2.38. The molecule has 0 bridgehead atoms. The maximum atomic E-state index is 13.4. The Labute approximate surface area is 98.8 Å². The van der Waals surface area contributed by atoms with E-state index in [-0.39, 0.29) is 10.9 Å². The van der Waals surface area contributed by atoms with Gasteiger partial charge in [0.2, 0.25) is 8.32 Å². The van der Waals surface area contributed by atoms with Gasteiger partial charge in [-0.15, -0.1) is 0 Å². The van der Waals surface area contributed by atoms with Crippen LogP contribution in [0.4, 0.5) is 4.39 Å². The van der Waals surface area contributed by atoms with E-state index in [1.54, 1.807) is 13.0 Å². The lowest BCUT2D eigenvalue weighted by Crippen LogP contribution is -2.44. The minimum absolute atomic E-state index is 0.131. The molecule has 1 nitrogen and oxygen atoms in total. The summed E-state index contributed by atoms with van der Waals surface area (Å²) in [6.07, 6.45) is 0. The van der Waals surface area contributed by atoms with Gasteiger partial charge in [0.05, 0.1) is 0 Å². The molecule has 1 rings (SSSR count). The zero-order valence-electron chi connectivity index (χ0n) is 11.0. The number of benzene rings is 1. The Kier molecular flexibility index (Phi) is 3.48. The monoisotopic (exact) mass is 240 g/mol. The van der Waals surface area contributed by atoms with Gasteiger partial charge < -0.3 is 4.43 Å². The highest BCUT2D eigenvalue weighted by atomic mass is 28.4. The first-order valence-electron chi connectivity index (χ1n) is 5.59. The van der Waals surface area contributed by atoms with E-state index in [9.17, 15) is 4.39 Å². The van der Waals surface area contributed by atoms with E-state index in [4.69, 9.17) is 4.43 Å². The summed E-state index contributed by atoms with van der Waals surface area (Å²) in [4.78, 5) is 0. The number of hydrogen-bond acceptors (Lipinski definition) is 1. The van der Waals surface area contributed by atoms with Crippen LogP contribution in [0.1, 0.15) is 26.3 Å². The van der Waals surface area contributed by atoms with Crippen molar-refractivity contribution in [3.05, 3.63) is 29.6 Å². The minimum Gasteiger partial charge on any atom is -0.543 e. The fraction of sp³-hybridized carbons (Fsp3) is 0.538. The molecule has 0 aliphatic carbocycles. The topological polar surface area (TPSA) is 9.23 Å². The first-order chi connectivity index (χ1) is 7.15. The Morgan fingerprint density at radius 1 is 1.19 bits per heavy atom. The molecule has 0 N–H and O–H groups in total. The molecule has 90 valence electrons. The van der Waals surface area contributed by atoms with Gasteiger partial charge in [0.1, 0.15) is 11.6 Å². The van der Waals surface area contributed by atoms with E-state index >= 15 is 0 Å². The first-order valence-corrected chi connectivity index (χ1v) is 8.50. The van der Waals surface area contributed by atoms with Gasteiger partial charge in [-0.25, -0.2) is 4.39 Å². The predicted molar refractivity (Wildman–Crippen MR) is 69.0 cm³/mol. The van der Waals surface area contributed by atoms with Crippen molar-refractivity contribution in [1.29, 1.82) is 0 Å². The third kappa shape index (κ3) is 2.64. The van der Waals surface area contributed by atoms with Crippen molar-refractivity contribution in [3.8, 4) is 5.75 Å². The molecule has 1 aromatic carbocycles. The second-order valence-corrected chi connectivity index (χ2v) is 10.5. The third-order valence-electron chi connectivity index (χ3n) is 3.39. The molecule has 0 fully saturated rings. The second-order valence-electron chi connectivity index (χ2n) is 5.73. The highest BCUT2D eigenvalue weighted by Gasteiger charge is 2.39. The van der Waals surface area contributed by atoms with Crippen molar-refractivity contribution in [3.63, 3.8) is 0 Å². The molecular weight excluding hydrogens is 219 g/mol. The maximum Gasteiger partial charge on any atom is 0.250 e. The van der Waals surface area contributed by atoms with Crippen molar-refractivity contribution < 1.29 is 8.82 Å². The lowest BCUT2D eigenvalue weighted by molar-refractivity contribution is 0.482. The van der Waals surface area contributed by atoms with Gasteiger partial charge in [-0.2, -0.15) is 0 Å². The van der Waals surface area contributed by atoms with Crippen LogP contribution in [0.2, 0.25) is 18.1 Å². The third-order valence-corrected chi connectivity index (χ3v) is 7.73. The van der Waals surface area contributed by atoms with Crippen molar-refractivity contribution in [2.45, 2.75) is 45.8 Å². The average Bonchev–Trinajstić information content (AvgIpc) is 2.11. The van der Waals surface area contributed by atoms with Crippen LogP contribution in [-0.4, -0.2) is 8.32 Å². The quantitative estimate of drug-likeness (QED) is 0.691. The van der Waals surface area contributed by atoms with E-state index in [1.807, 2.05) is 6.07 Å². The van der Waals surface area contributed by atoms with Gasteiger partial charge in [0.15, 0.2) is 0 Å². The van der Waals surface area contributed by atoms with Crippen molar-refractivity contribution in [1.82, 2.24) is 0 Å². The standard InChI is InChI=1S/C13H21FOSi/c1-10-11(14)8-7-9-12(10)15-16(5,6)13(2,3)4/h7-9H,1-6H3. The summed E-state index contributed by atoms with van der Waals surface area (Å²) in [6, 6.07) is 5.01. The zero-order chi connectivity index (χ0) is 12.6. The molecule has 0 saturated carbocycles. The van der Waals surface area contributed by atoms with Crippen molar-refractivity contribution >= 4 is 8.32 Å². The molecule has 3 heteroatoms. The number of hydrogen-bond donors (Lipinski definition) is 0. The molecule has 0 aromatic heterocycles. The Balaban J connectivity index is 3.02. The van der Waals surface area contributed by atoms with Gasteiger partial charge >= 0.3 is 0 Å². The SMILES string of the molecule is Cc1c(F)cccc1O[Si](C)(C)C(C)(C)C. The van der Waals surface area contributed by atoms with E-state index < -0.39 is 8.32 Å². The molecule has 0 radical (unpaired) electrons. The Bertz CT molecular complexity index is 380. The molecule has 0 atom stereocenters. The number of halogens is 1. The summed E-state index contributed by atoms with van der Waals surface area (Å²) >= 11 is 0. The summed E-state index contributed by atoms with van der Waals surface area (Å²) in [5, 5.41) is 0.131. The van der Waals surface area contributed by atoms with Crippen molar-refractivity contribution in [2.24, 2.45) is 0 Å². The van der Waals surface area contributed by atoms with Gasteiger partial charge in [-0.3, -0.25) is 0 Å². The summed E-state index contributed by atoms with van der Waals surface area (Å²) < 4.78 is 19.5. The molecular formula is C13H21FOSi. The van der Waals surface area contributed by atoms with Crippen LogP contribution in [0.3, 0.4) is 0 Å². The van der Waals surface area contributed by atoms with Gasteiger partial charge in [0, 0.05) is 5.56 Å². The van der Waals surface area contributed by atoms with E-state index in [0.29, 0.717) is 11.3 Å². The number of rotatable bonds is 2. The second kappa shape index (κ2) is 4.21. The fourth-order valence-electron chi connectivity index (χ4n) is 1.13. The van der Waals surface area contributed by atoms with Crippen molar-refractivity contribution in [2.75, 3.05) is 0 Å². The summed E-state index contributed by atoms with van der Waals surface area (Å²) in [6.45, 7) is 12.6. The molecule has 0 aliphatic heterocycles.